The number of nitrogens with zero attached hydrogens (tertiary/aromatic N) is 1. The molecule has 3 N–H and O–H groups in total. The number of benzene rings is 1. The van der Waals surface area contributed by atoms with Crippen LogP contribution in [0.25, 0.3) is 0 Å². The maximum Gasteiger partial charge on any atom is 0.220 e. The molecule has 4 heteroatoms. The molecule has 124 valence electrons. The summed E-state index contributed by atoms with van der Waals surface area (Å²) >= 11 is 0. The van der Waals surface area contributed by atoms with E-state index in [9.17, 15) is 4.79 Å². The van der Waals surface area contributed by atoms with Crippen LogP contribution in [0.15, 0.2) is 30.3 Å². The van der Waals surface area contributed by atoms with Crippen LogP contribution in [0, 0.1) is 0 Å². The van der Waals surface area contributed by atoms with E-state index in [1.54, 1.807) is 0 Å². The van der Waals surface area contributed by atoms with E-state index >= 15 is 0 Å². The summed E-state index contributed by atoms with van der Waals surface area (Å²) in [5.41, 5.74) is 7.01. The highest BCUT2D eigenvalue weighted by Gasteiger charge is 2.17. The number of nitrogens with one attached hydrogen (secondary N) is 1. The van der Waals surface area contributed by atoms with Crippen LogP contribution in [0.1, 0.15) is 39.2 Å². The quantitative estimate of drug-likeness (QED) is 0.696. The van der Waals surface area contributed by atoms with Gasteiger partial charge in [0.1, 0.15) is 0 Å². The lowest BCUT2D eigenvalue weighted by Crippen LogP contribution is -2.45. The van der Waals surface area contributed by atoms with Gasteiger partial charge in [-0.25, -0.2) is 0 Å². The molecule has 1 aromatic rings. The van der Waals surface area contributed by atoms with Crippen molar-refractivity contribution < 1.29 is 4.79 Å². The Hall–Kier alpha value is -1.39. The zero-order valence-electron chi connectivity index (χ0n) is 14.2. The molecule has 1 aromatic carbocycles. The normalized spacial score (nSPS) is 13.9. The number of hydrogen-bond acceptors (Lipinski definition) is 3. The molecule has 0 aliphatic carbocycles. The van der Waals surface area contributed by atoms with Crippen molar-refractivity contribution >= 4 is 5.91 Å². The van der Waals surface area contributed by atoms with Gasteiger partial charge in [-0.2, -0.15) is 0 Å². The van der Waals surface area contributed by atoms with Crippen molar-refractivity contribution in [3.05, 3.63) is 35.9 Å². The number of carbonyl (C=O) groups is 1. The lowest BCUT2D eigenvalue weighted by Gasteiger charge is -2.30. The van der Waals surface area contributed by atoms with Gasteiger partial charge in [0.2, 0.25) is 5.91 Å². The van der Waals surface area contributed by atoms with Crippen molar-refractivity contribution in [1.29, 1.82) is 0 Å². The number of amides is 1. The Morgan fingerprint density at radius 2 is 1.86 bits per heavy atom. The molecule has 0 aromatic heterocycles. The van der Waals surface area contributed by atoms with Gasteiger partial charge in [-0.15, -0.1) is 0 Å². The third kappa shape index (κ3) is 7.05. The summed E-state index contributed by atoms with van der Waals surface area (Å²) in [6.07, 6.45) is 2.20. The Balaban J connectivity index is 2.57. The fraction of sp³-hybridized carbons (Fsp3) is 0.611. The van der Waals surface area contributed by atoms with Crippen LogP contribution < -0.4 is 11.1 Å². The van der Waals surface area contributed by atoms with Gasteiger partial charge in [-0.05, 0) is 38.4 Å². The van der Waals surface area contributed by atoms with E-state index in [4.69, 9.17) is 5.73 Å². The van der Waals surface area contributed by atoms with Crippen LogP contribution in [0.2, 0.25) is 0 Å². The molecule has 0 saturated heterocycles. The molecule has 2 atom stereocenters. The molecular weight excluding hydrogens is 274 g/mol. The lowest BCUT2D eigenvalue weighted by atomic mass is 10.0. The Kier molecular flexibility index (Phi) is 8.78. The van der Waals surface area contributed by atoms with Crippen LogP contribution in [0.5, 0.6) is 0 Å². The predicted molar refractivity (Wildman–Crippen MR) is 92.7 cm³/mol. The van der Waals surface area contributed by atoms with Gasteiger partial charge in [-0.3, -0.25) is 9.69 Å². The van der Waals surface area contributed by atoms with Crippen LogP contribution >= 0.6 is 0 Å². The third-order valence-electron chi connectivity index (χ3n) is 4.00. The van der Waals surface area contributed by atoms with Crippen LogP contribution in [0.4, 0.5) is 0 Å². The fourth-order valence-corrected chi connectivity index (χ4v) is 2.64. The molecule has 4 nitrogen and oxygen atoms in total. The van der Waals surface area contributed by atoms with Gasteiger partial charge in [-0.1, -0.05) is 44.2 Å². The minimum atomic E-state index is 0.0775. The van der Waals surface area contributed by atoms with Crippen molar-refractivity contribution in [2.75, 3.05) is 19.6 Å². The number of hydrogen-bond donors (Lipinski definition) is 2. The van der Waals surface area contributed by atoms with Crippen molar-refractivity contribution in [3.63, 3.8) is 0 Å². The molecule has 0 saturated carbocycles. The summed E-state index contributed by atoms with van der Waals surface area (Å²) in [7, 11) is 0. The predicted octanol–water partition coefficient (Wildman–Crippen LogP) is 2.18. The van der Waals surface area contributed by atoms with Gasteiger partial charge >= 0.3 is 0 Å². The molecule has 1 amide bonds. The lowest BCUT2D eigenvalue weighted by molar-refractivity contribution is -0.121. The SMILES string of the molecule is CCN(CC)C(CNC(=O)CCC(C)N)Cc1ccccc1. The first-order valence-corrected chi connectivity index (χ1v) is 8.37. The summed E-state index contributed by atoms with van der Waals surface area (Å²) in [5, 5.41) is 3.07. The molecule has 0 bridgehead atoms. The average Bonchev–Trinajstić information content (AvgIpc) is 2.52. The Bertz CT molecular complexity index is 416. The Morgan fingerprint density at radius 1 is 1.23 bits per heavy atom. The molecule has 2 unspecified atom stereocenters. The first-order chi connectivity index (χ1) is 10.6. The first-order valence-electron chi connectivity index (χ1n) is 8.37. The summed E-state index contributed by atoms with van der Waals surface area (Å²) in [5.74, 6) is 0.0996. The van der Waals surface area contributed by atoms with Crippen LogP contribution in [-0.2, 0) is 11.2 Å². The highest BCUT2D eigenvalue weighted by atomic mass is 16.1. The summed E-state index contributed by atoms with van der Waals surface area (Å²) in [4.78, 5) is 14.3. The molecule has 1 rings (SSSR count). The minimum Gasteiger partial charge on any atom is -0.355 e. The highest BCUT2D eigenvalue weighted by Crippen LogP contribution is 2.09. The van der Waals surface area contributed by atoms with E-state index in [0.717, 1.165) is 25.9 Å². The van der Waals surface area contributed by atoms with E-state index in [2.05, 4.69) is 48.3 Å². The van der Waals surface area contributed by atoms with Crippen molar-refractivity contribution in [2.24, 2.45) is 5.73 Å². The molecule has 0 radical (unpaired) electrons. The number of carbonyl (C=O) groups excluding carboxylic acids is 1. The molecule has 0 fully saturated rings. The second-order valence-corrected chi connectivity index (χ2v) is 5.88. The zero-order valence-corrected chi connectivity index (χ0v) is 14.2. The van der Waals surface area contributed by atoms with Gasteiger partial charge < -0.3 is 11.1 Å². The first kappa shape index (κ1) is 18.7. The van der Waals surface area contributed by atoms with Gasteiger partial charge in [0.25, 0.3) is 0 Å². The molecule has 0 spiro atoms. The van der Waals surface area contributed by atoms with Crippen molar-refractivity contribution in [2.45, 2.75) is 52.1 Å². The minimum absolute atomic E-state index is 0.0775. The monoisotopic (exact) mass is 305 g/mol. The fourth-order valence-electron chi connectivity index (χ4n) is 2.64. The Labute approximate surface area is 135 Å². The van der Waals surface area contributed by atoms with Crippen molar-refractivity contribution in [3.8, 4) is 0 Å². The third-order valence-corrected chi connectivity index (χ3v) is 4.00. The summed E-state index contributed by atoms with van der Waals surface area (Å²) in [6.45, 7) is 8.93. The van der Waals surface area contributed by atoms with E-state index in [-0.39, 0.29) is 11.9 Å². The largest absolute Gasteiger partial charge is 0.355 e. The second-order valence-electron chi connectivity index (χ2n) is 5.88. The molecular formula is C18H31N3O. The van der Waals surface area contributed by atoms with Gasteiger partial charge in [0.05, 0.1) is 0 Å². The topological polar surface area (TPSA) is 58.4 Å². The summed E-state index contributed by atoms with van der Waals surface area (Å²) in [6, 6.07) is 10.9. The van der Waals surface area contributed by atoms with Crippen LogP contribution in [0.3, 0.4) is 0 Å². The van der Waals surface area contributed by atoms with Gasteiger partial charge in [0.15, 0.2) is 0 Å². The van der Waals surface area contributed by atoms with E-state index in [1.807, 2.05) is 13.0 Å². The molecule has 0 aliphatic heterocycles. The zero-order chi connectivity index (χ0) is 16.4. The maximum absolute atomic E-state index is 11.9. The highest BCUT2D eigenvalue weighted by molar-refractivity contribution is 5.75. The second kappa shape index (κ2) is 10.4. The Morgan fingerprint density at radius 3 is 2.41 bits per heavy atom. The van der Waals surface area contributed by atoms with Crippen LogP contribution in [-0.4, -0.2) is 42.5 Å². The van der Waals surface area contributed by atoms with E-state index in [0.29, 0.717) is 19.0 Å². The standard InChI is InChI=1S/C18H31N3O/c1-4-21(5-2)17(13-16-9-7-6-8-10-16)14-20-18(22)12-11-15(3)19/h6-10,15,17H,4-5,11-14,19H2,1-3H3,(H,20,22). The number of nitrogens with two attached hydrogens (primary N) is 1. The number of likely N-dealkylation sites (N-methyl/N-ethyl adjacent to an activating group) is 1. The smallest absolute Gasteiger partial charge is 0.220 e. The maximum atomic E-state index is 11.9. The van der Waals surface area contributed by atoms with E-state index in [1.165, 1.54) is 5.56 Å². The molecule has 0 aliphatic rings. The molecule has 0 heterocycles. The van der Waals surface area contributed by atoms with Gasteiger partial charge in [0, 0.05) is 25.0 Å². The number of rotatable bonds is 10. The average molecular weight is 305 g/mol. The van der Waals surface area contributed by atoms with Crippen molar-refractivity contribution in [1.82, 2.24) is 10.2 Å². The molecule has 22 heavy (non-hydrogen) atoms. The summed E-state index contributed by atoms with van der Waals surface area (Å²) < 4.78 is 0. The van der Waals surface area contributed by atoms with E-state index < -0.39 is 0 Å².